The molecule has 1 aromatic rings. The lowest BCUT2D eigenvalue weighted by molar-refractivity contribution is 0.448. The molecule has 0 aliphatic heterocycles. The van der Waals surface area contributed by atoms with E-state index in [4.69, 9.17) is 5.73 Å². The molecule has 1 saturated carbocycles. The highest BCUT2D eigenvalue weighted by atomic mass is 79.9. The largest absolute Gasteiger partial charge is 0.330 e. The Morgan fingerprint density at radius 3 is 2.38 bits per heavy atom. The van der Waals surface area contributed by atoms with Crippen LogP contribution in [0.1, 0.15) is 42.4 Å². The molecule has 0 unspecified atom stereocenters. The molecule has 0 aromatic heterocycles. The van der Waals surface area contributed by atoms with Crippen LogP contribution in [0.5, 0.6) is 0 Å². The third-order valence-electron chi connectivity index (χ3n) is 3.91. The van der Waals surface area contributed by atoms with Crippen LogP contribution in [0.2, 0.25) is 0 Å². The summed E-state index contributed by atoms with van der Waals surface area (Å²) >= 11 is 3.73. The summed E-state index contributed by atoms with van der Waals surface area (Å²) in [5.41, 5.74) is 10.5. The molecule has 2 heteroatoms. The summed E-state index contributed by atoms with van der Waals surface area (Å²) in [6.07, 6.45) is 5.12. The van der Waals surface area contributed by atoms with Crippen LogP contribution in [-0.4, -0.2) is 6.54 Å². The number of nitrogens with two attached hydrogens (primary N) is 1. The summed E-state index contributed by atoms with van der Waals surface area (Å²) in [4.78, 5) is 0. The number of aryl methyl sites for hydroxylation is 2. The van der Waals surface area contributed by atoms with Gasteiger partial charge < -0.3 is 5.73 Å². The van der Waals surface area contributed by atoms with Crippen molar-refractivity contribution in [3.8, 4) is 0 Å². The Kier molecular flexibility index (Phi) is 3.41. The molecule has 1 nitrogen and oxygen atoms in total. The van der Waals surface area contributed by atoms with Gasteiger partial charge in [-0.2, -0.15) is 0 Å². The average Bonchev–Trinajstić information content (AvgIpc) is 2.66. The van der Waals surface area contributed by atoms with E-state index in [-0.39, 0.29) is 5.41 Å². The van der Waals surface area contributed by atoms with Gasteiger partial charge >= 0.3 is 0 Å². The third kappa shape index (κ3) is 1.93. The van der Waals surface area contributed by atoms with Gasteiger partial charge in [-0.15, -0.1) is 0 Å². The second-order valence-corrected chi connectivity index (χ2v) is 5.98. The second-order valence-electron chi connectivity index (χ2n) is 5.13. The normalized spacial score (nSPS) is 19.0. The summed E-state index contributed by atoms with van der Waals surface area (Å²) < 4.78 is 1.25. The van der Waals surface area contributed by atoms with Crippen LogP contribution < -0.4 is 5.73 Å². The van der Waals surface area contributed by atoms with Gasteiger partial charge in [-0.3, -0.25) is 0 Å². The minimum atomic E-state index is 0.233. The summed E-state index contributed by atoms with van der Waals surface area (Å²) in [5.74, 6) is 0. The first-order valence-electron chi connectivity index (χ1n) is 6.06. The molecular formula is C14H20BrN. The topological polar surface area (TPSA) is 26.0 Å². The van der Waals surface area contributed by atoms with E-state index in [0.29, 0.717) is 0 Å². The van der Waals surface area contributed by atoms with Gasteiger partial charge in [0.15, 0.2) is 0 Å². The molecule has 88 valence electrons. The molecule has 2 rings (SSSR count). The van der Waals surface area contributed by atoms with E-state index in [1.54, 1.807) is 0 Å². The molecule has 0 amide bonds. The Bertz CT molecular complexity index is 369. The summed E-state index contributed by atoms with van der Waals surface area (Å²) in [6.45, 7) is 5.13. The molecule has 0 radical (unpaired) electrons. The zero-order chi connectivity index (χ0) is 11.8. The first-order chi connectivity index (χ1) is 7.59. The minimum Gasteiger partial charge on any atom is -0.330 e. The van der Waals surface area contributed by atoms with Gasteiger partial charge in [-0.05, 0) is 49.4 Å². The molecule has 1 aliphatic rings. The summed E-state index contributed by atoms with van der Waals surface area (Å²) in [5, 5.41) is 0. The van der Waals surface area contributed by atoms with E-state index in [2.05, 4.69) is 41.9 Å². The number of hydrogen-bond donors (Lipinski definition) is 1. The van der Waals surface area contributed by atoms with Crippen molar-refractivity contribution < 1.29 is 0 Å². The van der Waals surface area contributed by atoms with Crippen LogP contribution in [0, 0.1) is 13.8 Å². The Morgan fingerprint density at radius 2 is 1.88 bits per heavy atom. The highest BCUT2D eigenvalue weighted by Crippen LogP contribution is 2.44. The van der Waals surface area contributed by atoms with E-state index >= 15 is 0 Å². The molecule has 1 aliphatic carbocycles. The first kappa shape index (κ1) is 12.1. The fourth-order valence-corrected chi connectivity index (χ4v) is 4.29. The maximum atomic E-state index is 6.06. The van der Waals surface area contributed by atoms with E-state index in [1.807, 2.05) is 0 Å². The maximum absolute atomic E-state index is 6.06. The van der Waals surface area contributed by atoms with Gasteiger partial charge in [0.05, 0.1) is 0 Å². The third-order valence-corrected chi connectivity index (χ3v) is 4.54. The monoisotopic (exact) mass is 281 g/mol. The quantitative estimate of drug-likeness (QED) is 0.876. The molecule has 0 spiro atoms. The number of halogens is 1. The van der Waals surface area contributed by atoms with Gasteiger partial charge in [-0.1, -0.05) is 34.8 Å². The molecule has 1 aromatic carbocycles. The van der Waals surface area contributed by atoms with Gasteiger partial charge in [0.1, 0.15) is 0 Å². The predicted octanol–water partition coefficient (Wildman–Crippen LogP) is 3.84. The average molecular weight is 282 g/mol. The van der Waals surface area contributed by atoms with Crippen molar-refractivity contribution >= 4 is 15.9 Å². The van der Waals surface area contributed by atoms with E-state index in [9.17, 15) is 0 Å². The Hall–Kier alpha value is -0.340. The molecule has 1 fully saturated rings. The van der Waals surface area contributed by atoms with Crippen LogP contribution >= 0.6 is 15.9 Å². The van der Waals surface area contributed by atoms with Crippen molar-refractivity contribution in [3.05, 3.63) is 33.3 Å². The Morgan fingerprint density at radius 1 is 1.25 bits per heavy atom. The Labute approximate surface area is 107 Å². The van der Waals surface area contributed by atoms with Crippen LogP contribution in [-0.2, 0) is 5.41 Å². The smallest absolute Gasteiger partial charge is 0.0218 e. The molecule has 0 atom stereocenters. The Balaban J connectivity index is 2.54. The van der Waals surface area contributed by atoms with Gasteiger partial charge in [0.25, 0.3) is 0 Å². The zero-order valence-electron chi connectivity index (χ0n) is 10.1. The molecule has 0 heterocycles. The fourth-order valence-electron chi connectivity index (χ4n) is 3.20. The summed E-state index contributed by atoms with van der Waals surface area (Å²) in [6, 6.07) is 4.49. The number of hydrogen-bond acceptors (Lipinski definition) is 1. The van der Waals surface area contributed by atoms with Gasteiger partial charge in [0, 0.05) is 16.4 Å². The van der Waals surface area contributed by atoms with E-state index in [1.165, 1.54) is 46.8 Å². The highest BCUT2D eigenvalue weighted by Gasteiger charge is 2.36. The van der Waals surface area contributed by atoms with E-state index < -0.39 is 0 Å². The van der Waals surface area contributed by atoms with Crippen LogP contribution in [0.25, 0.3) is 0 Å². The van der Waals surface area contributed by atoms with E-state index in [0.717, 1.165) is 6.54 Å². The zero-order valence-corrected chi connectivity index (χ0v) is 11.7. The van der Waals surface area contributed by atoms with Crippen molar-refractivity contribution in [2.45, 2.75) is 44.9 Å². The molecular weight excluding hydrogens is 262 g/mol. The number of rotatable bonds is 2. The van der Waals surface area contributed by atoms with Crippen LogP contribution in [0.4, 0.5) is 0 Å². The molecule has 16 heavy (non-hydrogen) atoms. The van der Waals surface area contributed by atoms with Gasteiger partial charge in [0.2, 0.25) is 0 Å². The molecule has 0 saturated heterocycles. The highest BCUT2D eigenvalue weighted by molar-refractivity contribution is 9.10. The summed E-state index contributed by atoms with van der Waals surface area (Å²) in [7, 11) is 0. The lowest BCUT2D eigenvalue weighted by atomic mass is 9.76. The first-order valence-corrected chi connectivity index (χ1v) is 6.86. The lowest BCUT2D eigenvalue weighted by Gasteiger charge is -2.31. The van der Waals surface area contributed by atoms with Crippen LogP contribution in [0.3, 0.4) is 0 Å². The van der Waals surface area contributed by atoms with Crippen molar-refractivity contribution in [2.24, 2.45) is 5.73 Å². The number of benzene rings is 1. The van der Waals surface area contributed by atoms with Crippen LogP contribution in [0.15, 0.2) is 16.6 Å². The lowest BCUT2D eigenvalue weighted by Crippen LogP contribution is -2.33. The fraction of sp³-hybridized carbons (Fsp3) is 0.571. The predicted molar refractivity (Wildman–Crippen MR) is 72.8 cm³/mol. The molecule has 0 bridgehead atoms. The van der Waals surface area contributed by atoms with Crippen molar-refractivity contribution in [2.75, 3.05) is 6.54 Å². The van der Waals surface area contributed by atoms with Gasteiger partial charge in [-0.25, -0.2) is 0 Å². The van der Waals surface area contributed by atoms with Crippen molar-refractivity contribution in [1.29, 1.82) is 0 Å². The molecule has 2 N–H and O–H groups in total. The van der Waals surface area contributed by atoms with Crippen molar-refractivity contribution in [1.82, 2.24) is 0 Å². The second kappa shape index (κ2) is 4.50. The van der Waals surface area contributed by atoms with Crippen molar-refractivity contribution in [3.63, 3.8) is 0 Å². The maximum Gasteiger partial charge on any atom is 0.0218 e. The minimum absolute atomic E-state index is 0.233. The SMILES string of the molecule is Cc1cc(C)c(C2(CN)CCCC2)c(Br)c1. The standard InChI is InChI=1S/C14H20BrN/c1-10-7-11(2)13(12(15)8-10)14(9-16)5-3-4-6-14/h7-8H,3-6,9,16H2,1-2H3.